The fraction of sp³-hybridized carbons (Fsp3) is 0.208. The molecule has 3 aromatic rings. The van der Waals surface area contributed by atoms with Gasteiger partial charge in [-0.15, -0.1) is 0 Å². The first-order valence-electron chi connectivity index (χ1n) is 10.1. The van der Waals surface area contributed by atoms with Gasteiger partial charge >= 0.3 is 0 Å². The van der Waals surface area contributed by atoms with Crippen LogP contribution in [-0.4, -0.2) is 26.0 Å². The SMILES string of the molecule is Cc1cc(C)c(S(=O)(=O)NCC(=O)Nc2ccc(Cl)cc2C(O)c2ccccc2Cl)cc1C. The minimum Gasteiger partial charge on any atom is -0.384 e. The number of carbonyl (C=O) groups is 1. The van der Waals surface area contributed by atoms with Gasteiger partial charge in [0, 0.05) is 26.9 Å². The molecular weight excluding hydrogens is 483 g/mol. The summed E-state index contributed by atoms with van der Waals surface area (Å²) in [5.41, 5.74) is 3.48. The van der Waals surface area contributed by atoms with Gasteiger partial charge in [0.25, 0.3) is 0 Å². The zero-order valence-electron chi connectivity index (χ0n) is 18.3. The number of sulfonamides is 1. The summed E-state index contributed by atoms with van der Waals surface area (Å²) in [6.45, 7) is 4.95. The molecule has 3 aromatic carbocycles. The molecule has 1 amide bonds. The fourth-order valence-corrected chi connectivity index (χ4v) is 5.11. The van der Waals surface area contributed by atoms with Crippen molar-refractivity contribution in [1.29, 1.82) is 0 Å². The second kappa shape index (κ2) is 10.2. The summed E-state index contributed by atoms with van der Waals surface area (Å²) < 4.78 is 27.8. The van der Waals surface area contributed by atoms with Crippen molar-refractivity contribution in [2.45, 2.75) is 31.8 Å². The van der Waals surface area contributed by atoms with E-state index in [-0.39, 0.29) is 4.90 Å². The summed E-state index contributed by atoms with van der Waals surface area (Å²) >= 11 is 12.3. The van der Waals surface area contributed by atoms with Crippen LogP contribution in [0.1, 0.15) is 33.9 Å². The highest BCUT2D eigenvalue weighted by Gasteiger charge is 2.21. The maximum atomic E-state index is 12.8. The predicted molar refractivity (Wildman–Crippen MR) is 131 cm³/mol. The number of aliphatic hydroxyl groups excluding tert-OH is 1. The summed E-state index contributed by atoms with van der Waals surface area (Å²) in [4.78, 5) is 12.7. The van der Waals surface area contributed by atoms with Gasteiger partial charge in [-0.05, 0) is 67.8 Å². The van der Waals surface area contributed by atoms with E-state index >= 15 is 0 Å². The number of hydrogen-bond donors (Lipinski definition) is 3. The van der Waals surface area contributed by atoms with E-state index in [0.29, 0.717) is 32.4 Å². The van der Waals surface area contributed by atoms with Crippen LogP contribution in [-0.2, 0) is 14.8 Å². The average molecular weight is 507 g/mol. The lowest BCUT2D eigenvalue weighted by molar-refractivity contribution is -0.115. The topological polar surface area (TPSA) is 95.5 Å². The maximum absolute atomic E-state index is 12.8. The van der Waals surface area contributed by atoms with E-state index in [1.807, 2.05) is 13.8 Å². The Labute approximate surface area is 203 Å². The van der Waals surface area contributed by atoms with Crippen LogP contribution < -0.4 is 10.0 Å². The summed E-state index contributed by atoms with van der Waals surface area (Å²) in [5, 5.41) is 14.2. The molecule has 3 rings (SSSR count). The lowest BCUT2D eigenvalue weighted by Gasteiger charge is -2.18. The number of benzene rings is 3. The van der Waals surface area contributed by atoms with E-state index < -0.39 is 28.6 Å². The minimum atomic E-state index is -3.90. The Balaban J connectivity index is 1.79. The first-order valence-corrected chi connectivity index (χ1v) is 12.3. The molecule has 0 aliphatic rings. The number of hydrogen-bond acceptors (Lipinski definition) is 4. The van der Waals surface area contributed by atoms with Gasteiger partial charge in [0.2, 0.25) is 15.9 Å². The Morgan fingerprint density at radius 1 is 0.939 bits per heavy atom. The van der Waals surface area contributed by atoms with Crippen LogP contribution >= 0.6 is 23.2 Å². The molecule has 0 aliphatic carbocycles. The Bertz CT molecular complexity index is 1310. The van der Waals surface area contributed by atoms with Crippen LogP contribution in [0.4, 0.5) is 5.69 Å². The predicted octanol–water partition coefficient (Wildman–Crippen LogP) is 4.92. The quantitative estimate of drug-likeness (QED) is 0.423. The van der Waals surface area contributed by atoms with Gasteiger partial charge < -0.3 is 10.4 Å². The molecule has 0 saturated carbocycles. The molecule has 0 aromatic heterocycles. The Morgan fingerprint density at radius 2 is 1.61 bits per heavy atom. The number of rotatable bonds is 7. The second-order valence-electron chi connectivity index (χ2n) is 7.73. The molecule has 6 nitrogen and oxygen atoms in total. The first-order chi connectivity index (χ1) is 15.5. The molecule has 0 bridgehead atoms. The van der Waals surface area contributed by atoms with Crippen molar-refractivity contribution >= 4 is 44.8 Å². The highest BCUT2D eigenvalue weighted by molar-refractivity contribution is 7.89. The van der Waals surface area contributed by atoms with Gasteiger partial charge in [0.15, 0.2) is 0 Å². The van der Waals surface area contributed by atoms with Gasteiger partial charge in [0.05, 0.1) is 11.4 Å². The second-order valence-corrected chi connectivity index (χ2v) is 10.3. The first kappa shape index (κ1) is 25.2. The van der Waals surface area contributed by atoms with Crippen LogP contribution in [0.25, 0.3) is 0 Å². The van der Waals surface area contributed by atoms with E-state index in [1.165, 1.54) is 12.1 Å². The minimum absolute atomic E-state index is 0.125. The molecule has 174 valence electrons. The standard InChI is InChI=1S/C24H24Cl2N2O4S/c1-14-10-16(3)22(11-15(14)2)33(31,32)27-13-23(29)28-21-9-8-17(25)12-19(21)24(30)18-6-4-5-7-20(18)26/h4-12,24,27,30H,13H2,1-3H3,(H,28,29). The fourth-order valence-electron chi connectivity index (χ4n) is 3.39. The summed E-state index contributed by atoms with van der Waals surface area (Å²) in [5.74, 6) is -0.602. The van der Waals surface area contributed by atoms with E-state index in [4.69, 9.17) is 23.2 Å². The van der Waals surface area contributed by atoms with Gasteiger partial charge in [-0.3, -0.25) is 4.79 Å². The monoisotopic (exact) mass is 506 g/mol. The van der Waals surface area contributed by atoms with E-state index in [9.17, 15) is 18.3 Å². The van der Waals surface area contributed by atoms with Crippen LogP contribution in [0.2, 0.25) is 10.0 Å². The molecule has 1 atom stereocenters. The van der Waals surface area contributed by atoms with Crippen LogP contribution in [0.15, 0.2) is 59.5 Å². The van der Waals surface area contributed by atoms with Gasteiger partial charge in [-0.25, -0.2) is 13.1 Å². The Morgan fingerprint density at radius 3 is 2.30 bits per heavy atom. The Hall–Kier alpha value is -2.42. The van der Waals surface area contributed by atoms with E-state index in [2.05, 4.69) is 10.0 Å². The molecule has 0 saturated heterocycles. The third-order valence-corrected chi connectivity index (χ3v) is 7.41. The van der Waals surface area contributed by atoms with Crippen LogP contribution in [0, 0.1) is 20.8 Å². The average Bonchev–Trinajstić information content (AvgIpc) is 2.76. The third kappa shape index (κ3) is 5.93. The molecular formula is C24H24Cl2N2O4S. The van der Waals surface area contributed by atoms with Crippen molar-refractivity contribution in [3.63, 3.8) is 0 Å². The molecule has 1 unspecified atom stereocenters. The van der Waals surface area contributed by atoms with Crippen molar-refractivity contribution in [3.8, 4) is 0 Å². The van der Waals surface area contributed by atoms with Gasteiger partial charge in [0.1, 0.15) is 6.10 Å². The third-order valence-electron chi connectivity index (χ3n) is 5.29. The van der Waals surface area contributed by atoms with Crippen molar-refractivity contribution in [1.82, 2.24) is 4.72 Å². The van der Waals surface area contributed by atoms with Crippen LogP contribution in [0.3, 0.4) is 0 Å². The molecule has 0 radical (unpaired) electrons. The number of aliphatic hydroxyl groups is 1. The van der Waals surface area contributed by atoms with Crippen LogP contribution in [0.5, 0.6) is 0 Å². The maximum Gasteiger partial charge on any atom is 0.241 e. The highest BCUT2D eigenvalue weighted by atomic mass is 35.5. The molecule has 0 heterocycles. The van der Waals surface area contributed by atoms with Gasteiger partial charge in [-0.1, -0.05) is 47.5 Å². The lowest BCUT2D eigenvalue weighted by atomic mass is 9.99. The number of carbonyl (C=O) groups excluding carboxylic acids is 1. The van der Waals surface area contributed by atoms with Crippen molar-refractivity contribution in [2.24, 2.45) is 0 Å². The summed E-state index contributed by atoms with van der Waals surface area (Å²) in [6.07, 6.45) is -1.15. The Kier molecular flexibility index (Phi) is 7.82. The van der Waals surface area contributed by atoms with E-state index in [1.54, 1.807) is 49.4 Å². The zero-order chi connectivity index (χ0) is 24.3. The largest absolute Gasteiger partial charge is 0.384 e. The molecule has 33 heavy (non-hydrogen) atoms. The number of anilines is 1. The molecule has 0 fully saturated rings. The number of aryl methyl sites for hydroxylation is 3. The van der Waals surface area contributed by atoms with Gasteiger partial charge in [-0.2, -0.15) is 0 Å². The zero-order valence-corrected chi connectivity index (χ0v) is 20.6. The summed E-state index contributed by atoms with van der Waals surface area (Å²) in [6, 6.07) is 14.8. The molecule has 0 spiro atoms. The number of nitrogens with one attached hydrogen (secondary N) is 2. The summed E-state index contributed by atoms with van der Waals surface area (Å²) in [7, 11) is -3.90. The van der Waals surface area contributed by atoms with Crippen molar-refractivity contribution < 1.29 is 18.3 Å². The molecule has 9 heteroatoms. The number of halogens is 2. The number of amides is 1. The normalized spacial score (nSPS) is 12.4. The highest BCUT2D eigenvalue weighted by Crippen LogP contribution is 2.34. The molecule has 0 aliphatic heterocycles. The molecule has 3 N–H and O–H groups in total. The van der Waals surface area contributed by atoms with Crippen molar-refractivity contribution in [3.05, 3.63) is 92.5 Å². The smallest absolute Gasteiger partial charge is 0.241 e. The van der Waals surface area contributed by atoms with Crippen molar-refractivity contribution in [2.75, 3.05) is 11.9 Å². The lowest BCUT2D eigenvalue weighted by Crippen LogP contribution is -2.33. The van der Waals surface area contributed by atoms with E-state index in [0.717, 1.165) is 11.1 Å².